The predicted octanol–water partition coefficient (Wildman–Crippen LogP) is 7.01. The zero-order chi connectivity index (χ0) is 16.7. The molecule has 0 aromatic heterocycles. The molecule has 0 aliphatic heterocycles. The molecule has 0 nitrogen and oxygen atoms in total. The fraction of sp³-hybridized carbons (Fsp3) is 0.136. The molecule has 0 radical (unpaired) electrons. The first-order valence-electron chi connectivity index (χ1n) is 7.81. The molecular weight excluding hydrogens is 426 g/mol. The first-order valence-corrected chi connectivity index (χ1v) is 9.04. The van der Waals surface area contributed by atoms with E-state index in [0.29, 0.717) is 0 Å². The minimum Gasteiger partial charge on any atom is -0.211 e. The van der Waals surface area contributed by atoms with Crippen LogP contribution in [0.15, 0.2) is 78.9 Å². The minimum absolute atomic E-state index is 0. The van der Waals surface area contributed by atoms with Crippen molar-refractivity contribution in [3.63, 3.8) is 0 Å². The normalized spacial score (nSPS) is 9.00. The van der Waals surface area contributed by atoms with Crippen LogP contribution in [0.2, 0.25) is 0 Å². The SMILES string of the molecule is C[C](C)=[Zr+2].Cc1cc[cH-]c1.Cl.Cl.c1ccc2c(c1)[cH-]c1ccccc12. The van der Waals surface area contributed by atoms with Crippen molar-refractivity contribution < 1.29 is 24.2 Å². The maximum absolute atomic E-state index is 2.24. The van der Waals surface area contributed by atoms with Gasteiger partial charge in [-0.05, 0) is 0 Å². The van der Waals surface area contributed by atoms with E-state index in [2.05, 4.69) is 87.5 Å². The van der Waals surface area contributed by atoms with E-state index in [1.807, 2.05) is 12.1 Å². The summed E-state index contributed by atoms with van der Waals surface area (Å²) >= 11 is 1.55. The standard InChI is InChI=1S/C13H9.C6H7.C3H6.2ClH.Zr/c1-3-7-12-10(5-1)9-11-6-2-4-8-13(11)12;1-6-4-2-3-5-6;1-3-2;;;/h1-9H;2-5H,1H3;1-2H3;2*1H;/q2*-1;;;;+2. The average molecular weight is 451 g/mol. The van der Waals surface area contributed by atoms with Crippen molar-refractivity contribution in [1.82, 2.24) is 0 Å². The first kappa shape index (κ1) is 24.0. The van der Waals surface area contributed by atoms with Gasteiger partial charge in [-0.2, -0.15) is 18.2 Å². The number of rotatable bonds is 0. The maximum Gasteiger partial charge on any atom is -0.0771 e. The van der Waals surface area contributed by atoms with Gasteiger partial charge in [0.1, 0.15) is 0 Å². The molecule has 0 fully saturated rings. The van der Waals surface area contributed by atoms with Crippen LogP contribution in [0.5, 0.6) is 0 Å². The number of hydrogen-bond donors (Lipinski definition) is 0. The van der Waals surface area contributed by atoms with E-state index in [9.17, 15) is 0 Å². The van der Waals surface area contributed by atoms with Crippen LogP contribution in [0.4, 0.5) is 0 Å². The van der Waals surface area contributed by atoms with Gasteiger partial charge >= 0.3 is 41.3 Å². The van der Waals surface area contributed by atoms with Crippen molar-refractivity contribution in [3.05, 3.63) is 84.4 Å². The molecule has 0 spiro atoms. The summed E-state index contributed by atoms with van der Waals surface area (Å²) in [5.41, 5.74) is 1.34. The Balaban J connectivity index is 0.000000410. The Bertz CT molecular complexity index is 819. The van der Waals surface area contributed by atoms with Gasteiger partial charge in [0, 0.05) is 0 Å². The largest absolute Gasteiger partial charge is 0.211 e. The van der Waals surface area contributed by atoms with Crippen molar-refractivity contribution in [2.75, 3.05) is 0 Å². The van der Waals surface area contributed by atoms with Crippen molar-refractivity contribution in [2.24, 2.45) is 0 Å². The molecule has 0 heterocycles. The Morgan fingerprint density at radius 3 is 1.56 bits per heavy atom. The van der Waals surface area contributed by atoms with Gasteiger partial charge in [-0.1, -0.05) is 43.3 Å². The number of fused-ring (bicyclic) bond motifs is 3. The van der Waals surface area contributed by atoms with Crippen molar-refractivity contribution in [1.29, 1.82) is 0 Å². The van der Waals surface area contributed by atoms with Gasteiger partial charge in [-0.15, -0.1) is 64.6 Å². The van der Waals surface area contributed by atoms with Crippen molar-refractivity contribution in [3.8, 4) is 0 Å². The third-order valence-corrected chi connectivity index (χ3v) is 3.35. The summed E-state index contributed by atoms with van der Waals surface area (Å²) in [6, 6.07) is 27.5. The van der Waals surface area contributed by atoms with E-state index in [0.717, 1.165) is 0 Å². The molecule has 0 saturated heterocycles. The van der Waals surface area contributed by atoms with E-state index in [4.69, 9.17) is 0 Å². The minimum atomic E-state index is 0. The Morgan fingerprint density at radius 2 is 1.24 bits per heavy atom. The topological polar surface area (TPSA) is 0 Å². The summed E-state index contributed by atoms with van der Waals surface area (Å²) in [6.45, 7) is 6.33. The van der Waals surface area contributed by atoms with Gasteiger partial charge in [0.2, 0.25) is 0 Å². The van der Waals surface area contributed by atoms with Crippen LogP contribution in [0.25, 0.3) is 21.5 Å². The molecule has 0 amide bonds. The van der Waals surface area contributed by atoms with Gasteiger partial charge in [0.25, 0.3) is 0 Å². The van der Waals surface area contributed by atoms with Gasteiger partial charge in [-0.25, -0.2) is 11.6 Å². The summed E-state index contributed by atoms with van der Waals surface area (Å²) in [5, 5.41) is 5.39. The van der Waals surface area contributed by atoms with Gasteiger partial charge in [0.15, 0.2) is 0 Å². The molecule has 25 heavy (non-hydrogen) atoms. The number of benzene rings is 2. The van der Waals surface area contributed by atoms with Crippen LogP contribution in [0.1, 0.15) is 19.4 Å². The molecule has 0 aliphatic rings. The third kappa shape index (κ3) is 7.82. The molecule has 0 unspecified atom stereocenters. The number of aryl methyl sites for hydroxylation is 1. The van der Waals surface area contributed by atoms with E-state index in [1.165, 1.54) is 30.3 Å². The molecule has 4 aromatic carbocycles. The molecule has 0 aliphatic carbocycles. The fourth-order valence-electron chi connectivity index (χ4n) is 2.37. The Kier molecular flexibility index (Phi) is 11.9. The molecule has 0 bridgehead atoms. The predicted molar refractivity (Wildman–Crippen MR) is 115 cm³/mol. The summed E-state index contributed by atoms with van der Waals surface area (Å²) in [5.74, 6) is 0. The van der Waals surface area contributed by atoms with Gasteiger partial charge < -0.3 is 0 Å². The van der Waals surface area contributed by atoms with E-state index < -0.39 is 0 Å². The third-order valence-electron chi connectivity index (χ3n) is 3.35. The zero-order valence-electron chi connectivity index (χ0n) is 14.8. The van der Waals surface area contributed by atoms with Crippen LogP contribution in [0, 0.1) is 6.92 Å². The van der Waals surface area contributed by atoms with E-state index in [1.54, 1.807) is 24.2 Å². The zero-order valence-corrected chi connectivity index (χ0v) is 18.9. The molecule has 0 atom stereocenters. The Hall–Kier alpha value is -1.01. The van der Waals surface area contributed by atoms with Crippen molar-refractivity contribution in [2.45, 2.75) is 20.8 Å². The van der Waals surface area contributed by atoms with Crippen LogP contribution < -0.4 is 0 Å². The smallest absolute Gasteiger partial charge is 0.0771 e. The summed E-state index contributed by atoms with van der Waals surface area (Å²) in [4.78, 5) is 0. The molecule has 130 valence electrons. The molecule has 4 rings (SSSR count). The maximum atomic E-state index is 2.24. The second-order valence-corrected chi connectivity index (χ2v) is 8.24. The molecule has 0 N–H and O–H groups in total. The van der Waals surface area contributed by atoms with Gasteiger partial charge in [-0.3, -0.25) is 0 Å². The molecule has 3 heteroatoms. The van der Waals surface area contributed by atoms with Gasteiger partial charge in [0.05, 0.1) is 0 Å². The van der Waals surface area contributed by atoms with Crippen LogP contribution in [-0.2, 0) is 24.2 Å². The van der Waals surface area contributed by atoms with Crippen molar-refractivity contribution >= 4 is 49.6 Å². The fourth-order valence-corrected chi connectivity index (χ4v) is 2.37. The van der Waals surface area contributed by atoms with E-state index >= 15 is 0 Å². The Morgan fingerprint density at radius 1 is 0.800 bits per heavy atom. The summed E-state index contributed by atoms with van der Waals surface area (Å²) in [7, 11) is 0. The molecular formula is C22H24Cl2Zr. The summed E-state index contributed by atoms with van der Waals surface area (Å²) < 4.78 is 1.51. The molecule has 0 saturated carbocycles. The second-order valence-electron chi connectivity index (χ2n) is 5.78. The number of halogens is 2. The molecule has 4 aromatic rings. The monoisotopic (exact) mass is 448 g/mol. The first-order chi connectivity index (χ1) is 11.1. The Labute approximate surface area is 178 Å². The van der Waals surface area contributed by atoms with Crippen LogP contribution >= 0.6 is 24.8 Å². The number of hydrogen-bond acceptors (Lipinski definition) is 0. The summed E-state index contributed by atoms with van der Waals surface area (Å²) in [6.07, 6.45) is 0. The van der Waals surface area contributed by atoms with Crippen LogP contribution in [-0.4, -0.2) is 3.21 Å². The van der Waals surface area contributed by atoms with E-state index in [-0.39, 0.29) is 24.8 Å². The average Bonchev–Trinajstić information content (AvgIpc) is 3.13. The quantitative estimate of drug-likeness (QED) is 0.253. The second kappa shape index (κ2) is 12.4. The van der Waals surface area contributed by atoms with Crippen LogP contribution in [0.3, 0.4) is 0 Å².